The fourth-order valence-electron chi connectivity index (χ4n) is 2.91. The molecule has 152 valence electrons. The summed E-state index contributed by atoms with van der Waals surface area (Å²) in [5, 5.41) is 0. The van der Waals surface area contributed by atoms with E-state index in [-0.39, 0.29) is 12.1 Å². The maximum Gasteiger partial charge on any atom is 0.411 e. The van der Waals surface area contributed by atoms with Crippen LogP contribution in [0.15, 0.2) is 0 Å². The maximum atomic E-state index is 12.6. The van der Waals surface area contributed by atoms with Crippen LogP contribution in [0.4, 0.5) is 4.79 Å². The molecule has 1 aliphatic rings. The minimum Gasteiger partial charge on any atom is -0.467 e. The molecule has 26 heavy (non-hydrogen) atoms. The number of esters is 1. The number of likely N-dealkylation sites (tertiary alicyclic amines) is 1. The van der Waals surface area contributed by atoms with E-state index < -0.39 is 31.3 Å². The average molecular weight is 393 g/mol. The predicted octanol–water partition coefficient (Wildman–Crippen LogP) is 3.44. The van der Waals surface area contributed by atoms with E-state index in [1.807, 2.05) is 0 Å². The van der Waals surface area contributed by atoms with E-state index in [0.717, 1.165) is 0 Å². The van der Waals surface area contributed by atoms with Gasteiger partial charge in [0.2, 0.25) is 0 Å². The molecule has 0 aromatic rings. The zero-order valence-corrected chi connectivity index (χ0v) is 17.5. The van der Waals surface area contributed by atoms with E-state index in [0.29, 0.717) is 32.6 Å². The van der Waals surface area contributed by atoms with E-state index in [2.05, 4.69) is 0 Å². The number of ether oxygens (including phenoxy) is 2. The third-order valence-electron chi connectivity index (χ3n) is 3.95. The maximum absolute atomic E-state index is 12.6. The van der Waals surface area contributed by atoms with Crippen molar-refractivity contribution in [1.82, 2.24) is 4.90 Å². The van der Waals surface area contributed by atoms with Gasteiger partial charge in [-0.2, -0.15) is 0 Å². The molecule has 1 fully saturated rings. The third-order valence-corrected chi connectivity index (χ3v) is 6.06. The zero-order valence-electron chi connectivity index (χ0n) is 16.6. The van der Waals surface area contributed by atoms with Crippen molar-refractivity contribution in [2.24, 2.45) is 5.92 Å². The zero-order chi connectivity index (χ0) is 20.0. The van der Waals surface area contributed by atoms with Crippen LogP contribution in [0.5, 0.6) is 0 Å². The Morgan fingerprint density at radius 2 is 1.73 bits per heavy atom. The summed E-state index contributed by atoms with van der Waals surface area (Å²) in [5.74, 6) is -0.489. The van der Waals surface area contributed by atoms with Crippen molar-refractivity contribution in [2.75, 3.05) is 33.0 Å². The molecule has 0 saturated carbocycles. The monoisotopic (exact) mass is 393 g/mol. The molecule has 0 unspecified atom stereocenters. The molecule has 8 nitrogen and oxygen atoms in total. The van der Waals surface area contributed by atoms with Gasteiger partial charge in [-0.25, -0.2) is 9.59 Å². The van der Waals surface area contributed by atoms with Crippen LogP contribution in [0, 0.1) is 5.92 Å². The van der Waals surface area contributed by atoms with Gasteiger partial charge in [0.05, 0.1) is 26.5 Å². The highest BCUT2D eigenvalue weighted by Gasteiger charge is 2.42. The van der Waals surface area contributed by atoms with E-state index in [9.17, 15) is 14.2 Å². The molecule has 0 aromatic carbocycles. The standard InChI is InChI=1S/C17H32NO7P/c1-7-23-26(21,24-8-2)10-9-13-11-14(15(19)22-6)18(12-13)16(20)25-17(3,4)5/h13-14H,7-12H2,1-6H3/t13-,14-/m1/s1. The van der Waals surface area contributed by atoms with E-state index >= 15 is 0 Å². The fraction of sp³-hybridized carbons (Fsp3) is 0.882. The predicted molar refractivity (Wildman–Crippen MR) is 97.2 cm³/mol. The van der Waals surface area contributed by atoms with Crippen LogP contribution in [-0.2, 0) is 27.9 Å². The molecule has 0 aromatic heterocycles. The number of hydrogen-bond acceptors (Lipinski definition) is 7. The van der Waals surface area contributed by atoms with Crippen LogP contribution in [0.2, 0.25) is 0 Å². The second-order valence-electron chi connectivity index (χ2n) is 7.23. The van der Waals surface area contributed by atoms with Gasteiger partial charge in [-0.1, -0.05) is 0 Å². The summed E-state index contributed by atoms with van der Waals surface area (Å²) in [7, 11) is -1.86. The topological polar surface area (TPSA) is 91.4 Å². The number of carbonyl (C=O) groups excluding carboxylic acids is 2. The highest BCUT2D eigenvalue weighted by molar-refractivity contribution is 7.53. The average Bonchev–Trinajstić information content (AvgIpc) is 2.96. The molecular weight excluding hydrogens is 361 g/mol. The van der Waals surface area contributed by atoms with Crippen molar-refractivity contribution >= 4 is 19.7 Å². The van der Waals surface area contributed by atoms with Gasteiger partial charge in [0, 0.05) is 6.54 Å². The first-order chi connectivity index (χ1) is 12.0. The number of methoxy groups -OCH3 is 1. The highest BCUT2D eigenvalue weighted by atomic mass is 31.2. The van der Waals surface area contributed by atoms with Crippen molar-refractivity contribution in [3.05, 3.63) is 0 Å². The number of hydrogen-bond donors (Lipinski definition) is 0. The van der Waals surface area contributed by atoms with Gasteiger partial charge in [0.15, 0.2) is 0 Å². The SMILES string of the molecule is CCOP(=O)(CC[C@@H]1C[C@H](C(=O)OC)N(C(=O)OC(C)(C)C)C1)OCC. The summed E-state index contributed by atoms with van der Waals surface area (Å²) in [6, 6.07) is -0.696. The molecule has 1 amide bonds. The lowest BCUT2D eigenvalue weighted by Gasteiger charge is -2.27. The molecule has 0 bridgehead atoms. The smallest absolute Gasteiger partial charge is 0.411 e. The Morgan fingerprint density at radius 1 is 1.15 bits per heavy atom. The second-order valence-corrected chi connectivity index (χ2v) is 9.42. The summed E-state index contributed by atoms with van der Waals surface area (Å²) in [6.45, 7) is 9.78. The molecule has 0 spiro atoms. The Kier molecular flexibility index (Phi) is 8.57. The lowest BCUT2D eigenvalue weighted by atomic mass is 10.0. The highest BCUT2D eigenvalue weighted by Crippen LogP contribution is 2.49. The first kappa shape index (κ1) is 22.9. The van der Waals surface area contributed by atoms with Crippen molar-refractivity contribution < 1.29 is 32.7 Å². The normalized spacial score (nSPS) is 20.9. The quantitative estimate of drug-likeness (QED) is 0.461. The van der Waals surface area contributed by atoms with Gasteiger partial charge in [0.25, 0.3) is 0 Å². The number of amides is 1. The minimum atomic E-state index is -3.15. The number of carbonyl (C=O) groups is 2. The molecule has 9 heteroatoms. The Bertz CT molecular complexity index is 522. The van der Waals surface area contributed by atoms with Gasteiger partial charge in [-0.15, -0.1) is 0 Å². The van der Waals surface area contributed by atoms with Gasteiger partial charge in [-0.3, -0.25) is 9.46 Å². The van der Waals surface area contributed by atoms with Crippen LogP contribution in [0.1, 0.15) is 47.5 Å². The molecule has 2 atom stereocenters. The lowest BCUT2D eigenvalue weighted by molar-refractivity contribution is -0.145. The van der Waals surface area contributed by atoms with Crippen molar-refractivity contribution in [3.8, 4) is 0 Å². The Hall–Kier alpha value is -1.11. The Morgan fingerprint density at radius 3 is 2.19 bits per heavy atom. The van der Waals surface area contributed by atoms with E-state index in [1.165, 1.54) is 12.0 Å². The van der Waals surface area contributed by atoms with Gasteiger partial charge in [0.1, 0.15) is 11.6 Å². The summed E-state index contributed by atoms with van der Waals surface area (Å²) < 4.78 is 33.4. The molecule has 0 radical (unpaired) electrons. The van der Waals surface area contributed by atoms with Crippen LogP contribution < -0.4 is 0 Å². The van der Waals surface area contributed by atoms with Crippen molar-refractivity contribution in [2.45, 2.75) is 59.1 Å². The summed E-state index contributed by atoms with van der Waals surface area (Å²) in [5.41, 5.74) is -0.657. The van der Waals surface area contributed by atoms with Crippen LogP contribution in [-0.4, -0.2) is 61.6 Å². The van der Waals surface area contributed by atoms with Gasteiger partial charge < -0.3 is 18.5 Å². The number of nitrogens with zero attached hydrogens (tertiary/aromatic N) is 1. The van der Waals surface area contributed by atoms with Gasteiger partial charge in [-0.05, 0) is 53.4 Å². The molecule has 0 N–H and O–H groups in total. The fourth-order valence-corrected chi connectivity index (χ4v) is 4.72. The number of rotatable bonds is 8. The lowest BCUT2D eigenvalue weighted by Crippen LogP contribution is -2.43. The molecular formula is C17H32NO7P. The van der Waals surface area contributed by atoms with Crippen LogP contribution in [0.25, 0.3) is 0 Å². The van der Waals surface area contributed by atoms with Crippen LogP contribution in [0.3, 0.4) is 0 Å². The van der Waals surface area contributed by atoms with E-state index in [4.69, 9.17) is 18.5 Å². The van der Waals surface area contributed by atoms with Crippen molar-refractivity contribution in [3.63, 3.8) is 0 Å². The first-order valence-electron chi connectivity index (χ1n) is 9.00. The summed E-state index contributed by atoms with van der Waals surface area (Å²) in [6.07, 6.45) is 0.650. The second kappa shape index (κ2) is 9.72. The largest absolute Gasteiger partial charge is 0.467 e. The summed E-state index contributed by atoms with van der Waals surface area (Å²) >= 11 is 0. The Balaban J connectivity index is 2.79. The minimum absolute atomic E-state index is 0.0131. The molecule has 0 aliphatic carbocycles. The van der Waals surface area contributed by atoms with E-state index in [1.54, 1.807) is 34.6 Å². The molecule has 1 rings (SSSR count). The summed E-state index contributed by atoms with van der Waals surface area (Å²) in [4.78, 5) is 25.9. The molecule has 1 heterocycles. The van der Waals surface area contributed by atoms with Crippen LogP contribution >= 0.6 is 7.60 Å². The molecule has 1 saturated heterocycles. The van der Waals surface area contributed by atoms with Crippen molar-refractivity contribution in [1.29, 1.82) is 0 Å². The van der Waals surface area contributed by atoms with Gasteiger partial charge >= 0.3 is 19.7 Å². The molecule has 1 aliphatic heterocycles. The first-order valence-corrected chi connectivity index (χ1v) is 10.7. The third kappa shape index (κ3) is 6.89. The Labute approximate surface area is 156 Å².